The Balaban J connectivity index is 0.000000250. The molecule has 21 heteroatoms. The molecule has 2 N–H and O–H groups in total. The Kier molecular flexibility index (Phi) is 17.4. The maximum Gasteiger partial charge on any atom is 0.311 e. The van der Waals surface area contributed by atoms with Gasteiger partial charge in [0.05, 0.1) is 16.0 Å². The summed E-state index contributed by atoms with van der Waals surface area (Å²) in [5.74, 6) is -9.27. The molecule has 6 aromatic carbocycles. The molecule has 6 rings (SSSR count). The molecule has 6 aromatic rings. The van der Waals surface area contributed by atoms with Crippen molar-refractivity contribution in [2.24, 2.45) is 0 Å². The lowest BCUT2D eigenvalue weighted by molar-refractivity contribution is -0.385. The van der Waals surface area contributed by atoms with Crippen LogP contribution in [0, 0.1) is 55.1 Å². The van der Waals surface area contributed by atoms with Crippen LogP contribution in [0.25, 0.3) is 0 Å². The number of carbonyl (C=O) groups is 2. The van der Waals surface area contributed by atoms with Crippen molar-refractivity contribution in [3.8, 4) is 34.5 Å². The van der Waals surface area contributed by atoms with Crippen LogP contribution in [-0.2, 0) is 0 Å². The Hall–Kier alpha value is -8.20. The van der Waals surface area contributed by atoms with Crippen molar-refractivity contribution >= 4 is 23.2 Å². The third-order valence-electron chi connectivity index (χ3n) is 8.98. The first kappa shape index (κ1) is 51.4. The lowest BCUT2D eigenvalue weighted by atomic mass is 10.1. The predicted octanol–water partition coefficient (Wildman–Crippen LogP) is 10.6. The second kappa shape index (κ2) is 22.6. The average Bonchev–Trinajstić information content (AvgIpc) is 3.26. The fourth-order valence-electron chi connectivity index (χ4n) is 5.62. The number of rotatable bonds is 12. The van der Waals surface area contributed by atoms with Gasteiger partial charge in [0.15, 0.2) is 34.8 Å². The summed E-state index contributed by atoms with van der Waals surface area (Å²) >= 11 is 0. The standard InChI is InChI=1S/C23H19F3N2O5.C17H18N2O5.C6H3F3O/c1-13(32-22-18(25)11-16(24)12-19(22)26)14-7-8-20(28(30)31)21(10-14)33-17-6-4-5-15(9-17)23(29)27(2)3;1-11(20)12-7-8-15(19(22)23)16(10-12)24-14-6-4-5-13(9-14)17(21)18(2)3;7-3-1-4(8)6(10)5(9)2-3/h4-13H,1-3H3;4-11,20H,1-3H3;1-2,10H. The van der Waals surface area contributed by atoms with Gasteiger partial charge in [0, 0.05) is 75.7 Å². The summed E-state index contributed by atoms with van der Waals surface area (Å²) in [4.78, 5) is 48.4. The number of halogens is 6. The van der Waals surface area contributed by atoms with E-state index in [1.54, 1.807) is 65.4 Å². The van der Waals surface area contributed by atoms with E-state index >= 15 is 0 Å². The number of nitro benzene ring substituents is 2. The van der Waals surface area contributed by atoms with Crippen LogP contribution in [0.3, 0.4) is 0 Å². The Morgan fingerprint density at radius 2 is 0.970 bits per heavy atom. The first-order chi connectivity index (χ1) is 31.5. The van der Waals surface area contributed by atoms with Crippen molar-refractivity contribution in [1.82, 2.24) is 9.80 Å². The van der Waals surface area contributed by atoms with Crippen molar-refractivity contribution in [2.45, 2.75) is 26.1 Å². The molecule has 2 unspecified atom stereocenters. The maximum absolute atomic E-state index is 13.9. The second-order valence-corrected chi connectivity index (χ2v) is 14.5. The van der Waals surface area contributed by atoms with E-state index in [1.165, 1.54) is 65.3 Å². The highest BCUT2D eigenvalue weighted by atomic mass is 19.2. The van der Waals surface area contributed by atoms with Gasteiger partial charge >= 0.3 is 11.4 Å². The lowest BCUT2D eigenvalue weighted by Crippen LogP contribution is -2.21. The Bertz CT molecular complexity index is 2750. The van der Waals surface area contributed by atoms with Crippen molar-refractivity contribution < 1.29 is 70.2 Å². The molecule has 352 valence electrons. The van der Waals surface area contributed by atoms with Crippen molar-refractivity contribution in [3.05, 3.63) is 187 Å². The molecule has 0 fully saturated rings. The smallest absolute Gasteiger partial charge is 0.311 e. The SMILES string of the molecule is CC(O)c1ccc([N+](=O)[O-])c(Oc2cccc(C(=O)N(C)C)c2)c1.CC(Oc1c(F)cc(F)cc1F)c1ccc([N+](=O)[O-])c(Oc2cccc(C(=O)N(C)C)c2)c1.Oc1c(F)cc(F)cc1F. The summed E-state index contributed by atoms with van der Waals surface area (Å²) < 4.78 is 93.8. The van der Waals surface area contributed by atoms with Crippen LogP contribution < -0.4 is 14.2 Å². The number of amides is 2. The van der Waals surface area contributed by atoms with Gasteiger partial charge in [-0.25, -0.2) is 26.3 Å². The zero-order valence-corrected chi connectivity index (χ0v) is 36.2. The number of nitrogens with zero attached hydrogens (tertiary/aromatic N) is 4. The number of phenolic OH excluding ortho intramolecular Hbond substituents is 1. The van der Waals surface area contributed by atoms with Gasteiger partial charge < -0.3 is 34.2 Å². The summed E-state index contributed by atoms with van der Waals surface area (Å²) in [6, 6.07) is 22.2. The quantitative estimate of drug-likeness (QED) is 0.0673. The summed E-state index contributed by atoms with van der Waals surface area (Å²) in [6.07, 6.45) is -1.75. The average molecular weight is 939 g/mol. The first-order valence-corrected chi connectivity index (χ1v) is 19.4. The molecule has 0 saturated heterocycles. The molecule has 0 aliphatic carbocycles. The van der Waals surface area contributed by atoms with Crippen LogP contribution in [0.5, 0.6) is 34.5 Å². The van der Waals surface area contributed by atoms with Gasteiger partial charge in [0.2, 0.25) is 11.5 Å². The summed E-state index contributed by atoms with van der Waals surface area (Å²) in [6.45, 7) is 3.02. The van der Waals surface area contributed by atoms with E-state index in [2.05, 4.69) is 0 Å². The molecular formula is C46H40F6N4O11. The monoisotopic (exact) mass is 938 g/mol. The molecular weight excluding hydrogens is 899 g/mol. The van der Waals surface area contributed by atoms with Crippen molar-refractivity contribution in [3.63, 3.8) is 0 Å². The highest BCUT2D eigenvalue weighted by Crippen LogP contribution is 2.37. The Morgan fingerprint density at radius 1 is 0.582 bits per heavy atom. The van der Waals surface area contributed by atoms with Gasteiger partial charge in [-0.2, -0.15) is 0 Å². The van der Waals surface area contributed by atoms with E-state index in [-0.39, 0.29) is 40.4 Å². The molecule has 0 radical (unpaired) electrons. The Labute approximate surface area is 377 Å². The zero-order valence-electron chi connectivity index (χ0n) is 36.2. The van der Waals surface area contributed by atoms with Gasteiger partial charge in [-0.05, 0) is 85.6 Å². The lowest BCUT2D eigenvalue weighted by Gasteiger charge is -2.17. The number of nitro groups is 2. The van der Waals surface area contributed by atoms with Gasteiger partial charge in [0.25, 0.3) is 11.8 Å². The second-order valence-electron chi connectivity index (χ2n) is 14.5. The third-order valence-corrected chi connectivity index (χ3v) is 8.98. The fourth-order valence-corrected chi connectivity index (χ4v) is 5.62. The first-order valence-electron chi connectivity index (χ1n) is 19.4. The number of phenols is 1. The molecule has 0 aromatic heterocycles. The predicted molar refractivity (Wildman–Crippen MR) is 229 cm³/mol. The van der Waals surface area contributed by atoms with Gasteiger partial charge in [-0.3, -0.25) is 29.8 Å². The largest absolute Gasteiger partial charge is 0.503 e. The van der Waals surface area contributed by atoms with Crippen LogP contribution in [0.15, 0.2) is 109 Å². The highest BCUT2D eigenvalue weighted by Gasteiger charge is 2.23. The van der Waals surface area contributed by atoms with Gasteiger partial charge in [-0.1, -0.05) is 12.1 Å². The molecule has 0 spiro atoms. The number of aliphatic hydroxyl groups is 1. The molecule has 67 heavy (non-hydrogen) atoms. The van der Waals surface area contributed by atoms with Crippen LogP contribution in [0.4, 0.5) is 37.7 Å². The van der Waals surface area contributed by atoms with Crippen LogP contribution in [0.1, 0.15) is 57.9 Å². The molecule has 0 aliphatic heterocycles. The molecule has 2 atom stereocenters. The van der Waals surface area contributed by atoms with Gasteiger partial charge in [-0.15, -0.1) is 0 Å². The van der Waals surface area contributed by atoms with Crippen LogP contribution in [-0.4, -0.2) is 69.9 Å². The minimum absolute atomic E-state index is 0.00727. The normalized spacial score (nSPS) is 11.4. The van der Waals surface area contributed by atoms with E-state index in [0.29, 0.717) is 52.3 Å². The number of benzene rings is 6. The Morgan fingerprint density at radius 3 is 1.36 bits per heavy atom. The number of ether oxygens (including phenoxy) is 3. The van der Waals surface area contributed by atoms with E-state index in [4.69, 9.17) is 19.3 Å². The number of hydrogen-bond donors (Lipinski definition) is 2. The fraction of sp³-hybridized carbons (Fsp3) is 0.174. The van der Waals surface area contributed by atoms with Crippen LogP contribution in [0.2, 0.25) is 0 Å². The van der Waals surface area contributed by atoms with Crippen LogP contribution >= 0.6 is 0 Å². The van der Waals surface area contributed by atoms with Gasteiger partial charge in [0.1, 0.15) is 29.2 Å². The van der Waals surface area contributed by atoms with E-state index < -0.39 is 68.5 Å². The summed E-state index contributed by atoms with van der Waals surface area (Å²) in [7, 11) is 6.43. The topological polar surface area (TPSA) is 195 Å². The number of hydrogen-bond acceptors (Lipinski definition) is 11. The minimum Gasteiger partial charge on any atom is -0.503 e. The molecule has 0 bridgehead atoms. The van der Waals surface area contributed by atoms with Crippen molar-refractivity contribution in [1.29, 1.82) is 0 Å². The maximum atomic E-state index is 13.9. The molecule has 15 nitrogen and oxygen atoms in total. The minimum atomic E-state index is -1.29. The summed E-state index contributed by atoms with van der Waals surface area (Å²) in [5.41, 5.74) is 0.940. The summed E-state index contributed by atoms with van der Waals surface area (Å²) in [5, 5.41) is 40.7. The molecule has 0 saturated carbocycles. The number of carbonyl (C=O) groups excluding carboxylic acids is 2. The molecule has 0 aliphatic rings. The molecule has 2 amide bonds. The number of aromatic hydroxyl groups is 1. The van der Waals surface area contributed by atoms with E-state index in [1.807, 2.05) is 0 Å². The van der Waals surface area contributed by atoms with E-state index in [9.17, 15) is 61.3 Å². The highest BCUT2D eigenvalue weighted by molar-refractivity contribution is 5.94. The number of aliphatic hydroxyl groups excluding tert-OH is 1. The van der Waals surface area contributed by atoms with Crippen molar-refractivity contribution in [2.75, 3.05) is 28.2 Å². The third kappa shape index (κ3) is 13.9. The van der Waals surface area contributed by atoms with E-state index in [0.717, 1.165) is 6.07 Å². The molecule has 0 heterocycles. The zero-order chi connectivity index (χ0) is 49.9.